The number of nitrogens with zero attached hydrogens (tertiary/aromatic N) is 4. The van der Waals surface area contributed by atoms with Crippen LogP contribution in [0.3, 0.4) is 0 Å². The minimum absolute atomic E-state index is 0.00365. The van der Waals surface area contributed by atoms with Gasteiger partial charge in [0.1, 0.15) is 17.8 Å². The summed E-state index contributed by atoms with van der Waals surface area (Å²) >= 11 is 0. The van der Waals surface area contributed by atoms with E-state index in [9.17, 15) is 8.42 Å². The minimum Gasteiger partial charge on any atom is -0.356 e. The number of fused-ring (bicyclic) bond motifs is 1. The third kappa shape index (κ3) is 2.96. The molecule has 9 heteroatoms. The Kier molecular flexibility index (Phi) is 3.89. The maximum atomic E-state index is 12.3. The molecule has 2 heterocycles. The molecule has 2 saturated carbocycles. The topological polar surface area (TPSA) is 115 Å². The summed E-state index contributed by atoms with van der Waals surface area (Å²) in [5.74, 6) is 0.859. The highest BCUT2D eigenvalue weighted by molar-refractivity contribution is 7.90. The fourth-order valence-corrected chi connectivity index (χ4v) is 5.50. The number of aromatic nitrogens is 3. The summed E-state index contributed by atoms with van der Waals surface area (Å²) in [7, 11) is -1.33. The number of H-pyrrole nitrogens is 1. The van der Waals surface area contributed by atoms with Crippen molar-refractivity contribution < 1.29 is 8.42 Å². The summed E-state index contributed by atoms with van der Waals surface area (Å²) < 4.78 is 27.4. The van der Waals surface area contributed by atoms with Crippen molar-refractivity contribution in [3.05, 3.63) is 18.6 Å². The molecule has 0 bridgehead atoms. The number of anilines is 1. The molecule has 132 valence electrons. The molecule has 2 N–H and O–H groups in total. The second-order valence-corrected chi connectivity index (χ2v) is 8.86. The number of hydrogen-bond donors (Lipinski definition) is 2. The van der Waals surface area contributed by atoms with Gasteiger partial charge in [-0.25, -0.2) is 23.1 Å². The molecule has 2 fully saturated rings. The average Bonchev–Trinajstić information content (AvgIpc) is 3.17. The summed E-state index contributed by atoms with van der Waals surface area (Å²) in [6.07, 6.45) is 5.80. The van der Waals surface area contributed by atoms with Gasteiger partial charge in [0.15, 0.2) is 0 Å². The summed E-state index contributed by atoms with van der Waals surface area (Å²) in [6.45, 7) is 0. The molecule has 0 aromatic carbocycles. The van der Waals surface area contributed by atoms with E-state index < -0.39 is 10.0 Å². The van der Waals surface area contributed by atoms with Gasteiger partial charge in [0, 0.05) is 31.7 Å². The first-order chi connectivity index (χ1) is 12.0. The van der Waals surface area contributed by atoms with Gasteiger partial charge in [-0.2, -0.15) is 5.26 Å². The summed E-state index contributed by atoms with van der Waals surface area (Å²) in [5, 5.41) is 9.26. The molecule has 4 rings (SSSR count). The Labute approximate surface area is 146 Å². The Morgan fingerprint density at radius 1 is 1.40 bits per heavy atom. The lowest BCUT2D eigenvalue weighted by molar-refractivity contribution is 0.316. The van der Waals surface area contributed by atoms with Crippen LogP contribution >= 0.6 is 0 Å². The van der Waals surface area contributed by atoms with E-state index in [-0.39, 0.29) is 23.3 Å². The number of hydrogen-bond acceptors (Lipinski definition) is 6. The molecule has 25 heavy (non-hydrogen) atoms. The molecule has 0 unspecified atom stereocenters. The highest BCUT2D eigenvalue weighted by atomic mass is 32.2. The van der Waals surface area contributed by atoms with Gasteiger partial charge in [0.05, 0.1) is 16.7 Å². The molecule has 0 aliphatic heterocycles. The monoisotopic (exact) mass is 360 g/mol. The van der Waals surface area contributed by atoms with Crippen molar-refractivity contribution >= 4 is 26.9 Å². The standard InChI is InChI=1S/C16H20N6O2S/c1-22(16-13-3-5-18-15(13)19-9-20-16)12-7-11(8-12)21-25(23,24)14-6-10(14)2-4-17/h3,5,9-12,14,21H,2,6-8H2,1H3,(H,18,19,20)/t10-,11?,12?,14-/m1/s1. The van der Waals surface area contributed by atoms with Crippen molar-refractivity contribution in [1.82, 2.24) is 19.7 Å². The molecule has 0 spiro atoms. The summed E-state index contributed by atoms with van der Waals surface area (Å²) in [5.41, 5.74) is 0.797. The van der Waals surface area contributed by atoms with Crippen LogP contribution in [-0.2, 0) is 10.0 Å². The predicted octanol–water partition coefficient (Wildman–Crippen LogP) is 1.15. The maximum Gasteiger partial charge on any atom is 0.215 e. The quantitative estimate of drug-likeness (QED) is 0.798. The van der Waals surface area contributed by atoms with Crippen LogP contribution in [-0.4, -0.2) is 47.8 Å². The van der Waals surface area contributed by atoms with E-state index in [1.807, 2.05) is 19.3 Å². The number of nitriles is 1. The van der Waals surface area contributed by atoms with E-state index in [2.05, 4.69) is 30.6 Å². The first-order valence-electron chi connectivity index (χ1n) is 8.38. The fourth-order valence-electron chi connectivity index (χ4n) is 3.56. The van der Waals surface area contributed by atoms with E-state index in [0.29, 0.717) is 12.8 Å². The predicted molar refractivity (Wildman–Crippen MR) is 93.3 cm³/mol. The Balaban J connectivity index is 1.36. The van der Waals surface area contributed by atoms with E-state index in [4.69, 9.17) is 5.26 Å². The zero-order chi connectivity index (χ0) is 17.6. The van der Waals surface area contributed by atoms with Gasteiger partial charge < -0.3 is 9.88 Å². The number of rotatable bonds is 6. The van der Waals surface area contributed by atoms with Gasteiger partial charge in [-0.05, 0) is 31.2 Å². The van der Waals surface area contributed by atoms with E-state index in [1.54, 1.807) is 0 Å². The fraction of sp³-hybridized carbons (Fsp3) is 0.562. The Morgan fingerprint density at radius 2 is 2.20 bits per heavy atom. The third-order valence-corrected chi connectivity index (χ3v) is 7.30. The zero-order valence-electron chi connectivity index (χ0n) is 13.9. The van der Waals surface area contributed by atoms with Gasteiger partial charge in [-0.3, -0.25) is 0 Å². The van der Waals surface area contributed by atoms with Gasteiger partial charge in [-0.15, -0.1) is 0 Å². The van der Waals surface area contributed by atoms with Crippen LogP contribution in [0.25, 0.3) is 11.0 Å². The van der Waals surface area contributed by atoms with Crippen LogP contribution in [0, 0.1) is 17.2 Å². The molecular weight excluding hydrogens is 340 g/mol. The van der Waals surface area contributed by atoms with Crippen LogP contribution < -0.4 is 9.62 Å². The largest absolute Gasteiger partial charge is 0.356 e. The SMILES string of the molecule is CN(c1ncnc2[nH]ccc12)C1CC(NS(=O)(=O)[C@@H]2C[C@H]2CC#N)C1. The van der Waals surface area contributed by atoms with Crippen LogP contribution in [0.15, 0.2) is 18.6 Å². The van der Waals surface area contributed by atoms with E-state index in [0.717, 1.165) is 29.7 Å². The lowest BCUT2D eigenvalue weighted by atomic mass is 9.86. The van der Waals surface area contributed by atoms with Crippen LogP contribution in [0.5, 0.6) is 0 Å². The molecule has 2 aromatic heterocycles. The average molecular weight is 360 g/mol. The minimum atomic E-state index is -3.31. The van der Waals surface area contributed by atoms with Crippen LogP contribution in [0.4, 0.5) is 5.82 Å². The van der Waals surface area contributed by atoms with Crippen molar-refractivity contribution in [2.45, 2.75) is 43.0 Å². The van der Waals surface area contributed by atoms with Gasteiger partial charge >= 0.3 is 0 Å². The first kappa shape index (κ1) is 16.3. The first-order valence-corrected chi connectivity index (χ1v) is 9.93. The number of sulfonamides is 1. The highest BCUT2D eigenvalue weighted by Gasteiger charge is 2.48. The molecule has 0 saturated heterocycles. The summed E-state index contributed by atoms with van der Waals surface area (Å²) in [6, 6.07) is 4.21. The molecule has 2 aliphatic carbocycles. The van der Waals surface area contributed by atoms with Gasteiger partial charge in [-0.1, -0.05) is 0 Å². The van der Waals surface area contributed by atoms with E-state index >= 15 is 0 Å². The van der Waals surface area contributed by atoms with E-state index in [1.165, 1.54) is 6.33 Å². The second kappa shape index (κ2) is 5.97. The van der Waals surface area contributed by atoms with Crippen LogP contribution in [0.1, 0.15) is 25.7 Å². The van der Waals surface area contributed by atoms with Crippen molar-refractivity contribution in [3.8, 4) is 6.07 Å². The number of nitrogens with one attached hydrogen (secondary N) is 2. The maximum absolute atomic E-state index is 12.3. The van der Waals surface area contributed by atoms with Crippen molar-refractivity contribution in [2.24, 2.45) is 5.92 Å². The molecule has 2 aromatic rings. The molecule has 0 amide bonds. The molecule has 8 nitrogen and oxygen atoms in total. The van der Waals surface area contributed by atoms with Crippen LogP contribution in [0.2, 0.25) is 0 Å². The second-order valence-electron chi connectivity index (χ2n) is 6.93. The molecule has 2 atom stereocenters. The highest BCUT2D eigenvalue weighted by Crippen LogP contribution is 2.40. The smallest absolute Gasteiger partial charge is 0.215 e. The van der Waals surface area contributed by atoms with Crippen molar-refractivity contribution in [1.29, 1.82) is 5.26 Å². The molecule has 2 aliphatic rings. The summed E-state index contributed by atoms with van der Waals surface area (Å²) in [4.78, 5) is 13.7. The molecular formula is C16H20N6O2S. The van der Waals surface area contributed by atoms with Gasteiger partial charge in [0.25, 0.3) is 0 Å². The Morgan fingerprint density at radius 3 is 2.96 bits per heavy atom. The van der Waals surface area contributed by atoms with Gasteiger partial charge in [0.2, 0.25) is 10.0 Å². The molecule has 0 radical (unpaired) electrons. The lowest BCUT2D eigenvalue weighted by Crippen LogP contribution is -2.53. The van der Waals surface area contributed by atoms with Crippen molar-refractivity contribution in [3.63, 3.8) is 0 Å². The lowest BCUT2D eigenvalue weighted by Gasteiger charge is -2.42. The Bertz CT molecular complexity index is 927. The zero-order valence-corrected chi connectivity index (χ0v) is 14.7. The normalized spacial score (nSPS) is 28.3. The Hall–Kier alpha value is -2.18. The third-order valence-electron chi connectivity index (χ3n) is 5.27. The van der Waals surface area contributed by atoms with Crippen molar-refractivity contribution in [2.75, 3.05) is 11.9 Å². The number of aromatic amines is 1.